The minimum Gasteiger partial charge on any atom is -0.507 e. The highest BCUT2D eigenvalue weighted by Crippen LogP contribution is 2.35. The Kier molecular flexibility index (Phi) is 5.24. The van der Waals surface area contributed by atoms with E-state index in [0.717, 1.165) is 0 Å². The number of pyridine rings is 1. The number of nitriles is 1. The molecule has 31 heavy (non-hydrogen) atoms. The molecule has 0 radical (unpaired) electrons. The van der Waals surface area contributed by atoms with Crippen molar-refractivity contribution in [1.82, 2.24) is 10.3 Å². The molecule has 8 heteroatoms. The van der Waals surface area contributed by atoms with Crippen LogP contribution in [0, 0.1) is 11.3 Å². The smallest absolute Gasteiger partial charge is 0.246 e. The molecule has 5 N–H and O–H groups in total. The summed E-state index contributed by atoms with van der Waals surface area (Å²) in [7, 11) is 0. The van der Waals surface area contributed by atoms with Gasteiger partial charge in [-0.3, -0.25) is 9.59 Å². The average molecular weight is 413 g/mol. The average Bonchev–Trinajstić information content (AvgIpc) is 3.20. The van der Waals surface area contributed by atoms with Gasteiger partial charge in [0.15, 0.2) is 0 Å². The third-order valence-corrected chi connectivity index (χ3v) is 5.09. The molecule has 2 heterocycles. The van der Waals surface area contributed by atoms with Crippen LogP contribution < -0.4 is 16.4 Å². The predicted octanol–water partition coefficient (Wildman–Crippen LogP) is 2.79. The number of carbonyl (C=O) groups excluding carboxylic acids is 2. The number of nitrogens with two attached hydrogens (primary N) is 1. The number of nitrogens with one attached hydrogen (secondary N) is 2. The van der Waals surface area contributed by atoms with Crippen molar-refractivity contribution in [3.63, 3.8) is 0 Å². The molecule has 8 nitrogen and oxygen atoms in total. The van der Waals surface area contributed by atoms with E-state index in [4.69, 9.17) is 5.73 Å². The van der Waals surface area contributed by atoms with Gasteiger partial charge in [-0.2, -0.15) is 5.26 Å². The molecule has 4 rings (SSSR count). The van der Waals surface area contributed by atoms with Gasteiger partial charge >= 0.3 is 0 Å². The SMILES string of the molecule is N#Cc1c(-c2cccc(NC(=O)C3CCC(=O)N3)c2)cc(-c2ccccc2O)nc1N. The van der Waals surface area contributed by atoms with Crippen LogP contribution in [-0.4, -0.2) is 27.9 Å². The van der Waals surface area contributed by atoms with Gasteiger partial charge in [0, 0.05) is 23.2 Å². The lowest BCUT2D eigenvalue weighted by molar-refractivity contribution is -0.122. The molecule has 3 aromatic rings. The summed E-state index contributed by atoms with van der Waals surface area (Å²) in [6.45, 7) is 0. The fraction of sp³-hybridized carbons (Fsp3) is 0.130. The van der Waals surface area contributed by atoms with E-state index in [1.54, 1.807) is 54.6 Å². The number of phenolic OH excluding ortho intramolecular Hbond substituents is 1. The van der Waals surface area contributed by atoms with Crippen LogP contribution in [0.5, 0.6) is 5.75 Å². The molecule has 0 spiro atoms. The van der Waals surface area contributed by atoms with Crippen LogP contribution in [0.4, 0.5) is 11.5 Å². The molecule has 0 bridgehead atoms. The van der Waals surface area contributed by atoms with E-state index in [-0.39, 0.29) is 28.9 Å². The third kappa shape index (κ3) is 4.02. The fourth-order valence-corrected chi connectivity index (χ4v) is 3.54. The number of rotatable bonds is 4. The van der Waals surface area contributed by atoms with E-state index in [1.807, 2.05) is 0 Å². The van der Waals surface area contributed by atoms with E-state index in [0.29, 0.717) is 40.9 Å². The lowest BCUT2D eigenvalue weighted by Crippen LogP contribution is -2.37. The van der Waals surface area contributed by atoms with Crippen molar-refractivity contribution in [2.45, 2.75) is 18.9 Å². The molecule has 1 fully saturated rings. The molecule has 2 aromatic carbocycles. The summed E-state index contributed by atoms with van der Waals surface area (Å²) in [5.74, 6) is -0.352. The maximum atomic E-state index is 12.4. The van der Waals surface area contributed by atoms with Crippen molar-refractivity contribution in [2.75, 3.05) is 11.1 Å². The van der Waals surface area contributed by atoms with E-state index in [2.05, 4.69) is 21.7 Å². The normalized spacial score (nSPS) is 15.2. The largest absolute Gasteiger partial charge is 0.507 e. The highest BCUT2D eigenvalue weighted by Gasteiger charge is 2.27. The molecular formula is C23H19N5O3. The summed E-state index contributed by atoms with van der Waals surface area (Å²) < 4.78 is 0. The minimum absolute atomic E-state index is 0.0429. The summed E-state index contributed by atoms with van der Waals surface area (Å²) in [5.41, 5.74) is 8.85. The van der Waals surface area contributed by atoms with Crippen LogP contribution >= 0.6 is 0 Å². The van der Waals surface area contributed by atoms with Crippen LogP contribution in [0.25, 0.3) is 22.4 Å². The molecular weight excluding hydrogens is 394 g/mol. The van der Waals surface area contributed by atoms with Crippen LogP contribution in [0.15, 0.2) is 54.6 Å². The molecule has 2 amide bonds. The number of carbonyl (C=O) groups is 2. The van der Waals surface area contributed by atoms with Crippen molar-refractivity contribution < 1.29 is 14.7 Å². The van der Waals surface area contributed by atoms with Crippen molar-refractivity contribution in [3.8, 4) is 34.2 Å². The third-order valence-electron chi connectivity index (χ3n) is 5.09. The number of nitrogens with zero attached hydrogens (tertiary/aromatic N) is 2. The van der Waals surface area contributed by atoms with Crippen LogP contribution in [0.1, 0.15) is 18.4 Å². The first kappa shape index (κ1) is 19.9. The highest BCUT2D eigenvalue weighted by atomic mass is 16.3. The minimum atomic E-state index is -0.560. The Labute approximate surface area is 178 Å². The first-order valence-electron chi connectivity index (χ1n) is 9.66. The first-order chi connectivity index (χ1) is 15.0. The van der Waals surface area contributed by atoms with E-state index in [9.17, 15) is 20.0 Å². The number of para-hydroxylation sites is 1. The highest BCUT2D eigenvalue weighted by molar-refractivity contribution is 5.99. The Bertz CT molecular complexity index is 1230. The van der Waals surface area contributed by atoms with Crippen LogP contribution in [0.3, 0.4) is 0 Å². The summed E-state index contributed by atoms with van der Waals surface area (Å²) >= 11 is 0. The van der Waals surface area contributed by atoms with Crippen molar-refractivity contribution in [1.29, 1.82) is 5.26 Å². The number of phenols is 1. The predicted molar refractivity (Wildman–Crippen MR) is 116 cm³/mol. The quantitative estimate of drug-likeness (QED) is 0.518. The molecule has 0 saturated carbocycles. The van der Waals surface area contributed by atoms with Gasteiger partial charge in [-0.15, -0.1) is 0 Å². The van der Waals surface area contributed by atoms with Crippen LogP contribution in [0.2, 0.25) is 0 Å². The van der Waals surface area contributed by atoms with Gasteiger partial charge in [-0.05, 0) is 42.3 Å². The van der Waals surface area contributed by atoms with E-state index < -0.39 is 6.04 Å². The number of hydrogen-bond acceptors (Lipinski definition) is 6. The molecule has 154 valence electrons. The summed E-state index contributed by atoms with van der Waals surface area (Å²) in [4.78, 5) is 28.1. The fourth-order valence-electron chi connectivity index (χ4n) is 3.54. The zero-order chi connectivity index (χ0) is 22.0. The molecule has 1 atom stereocenters. The van der Waals surface area contributed by atoms with Crippen LogP contribution in [-0.2, 0) is 9.59 Å². The van der Waals surface area contributed by atoms with Gasteiger partial charge in [0.2, 0.25) is 11.8 Å². The Morgan fingerprint density at radius 1 is 1.19 bits per heavy atom. The summed E-state index contributed by atoms with van der Waals surface area (Å²) in [5, 5.41) is 25.2. The summed E-state index contributed by atoms with van der Waals surface area (Å²) in [6, 6.07) is 16.9. The molecule has 1 aromatic heterocycles. The summed E-state index contributed by atoms with van der Waals surface area (Å²) in [6.07, 6.45) is 0.781. The van der Waals surface area contributed by atoms with Gasteiger partial charge in [0.25, 0.3) is 0 Å². The Hall–Kier alpha value is -4.38. The molecule has 1 unspecified atom stereocenters. The van der Waals surface area contributed by atoms with E-state index >= 15 is 0 Å². The van der Waals surface area contributed by atoms with Crippen molar-refractivity contribution >= 4 is 23.3 Å². The van der Waals surface area contributed by atoms with Gasteiger partial charge in [-0.25, -0.2) is 4.98 Å². The topological polar surface area (TPSA) is 141 Å². The second kappa shape index (κ2) is 8.16. The number of hydrogen-bond donors (Lipinski definition) is 4. The van der Waals surface area contributed by atoms with Gasteiger partial charge < -0.3 is 21.5 Å². The lowest BCUT2D eigenvalue weighted by Gasteiger charge is -2.14. The van der Waals surface area contributed by atoms with Gasteiger partial charge in [0.1, 0.15) is 29.2 Å². The Morgan fingerprint density at radius 2 is 2.00 bits per heavy atom. The second-order valence-electron chi connectivity index (χ2n) is 7.17. The van der Waals surface area contributed by atoms with Gasteiger partial charge in [-0.1, -0.05) is 24.3 Å². The number of anilines is 2. The molecule has 1 aliphatic heterocycles. The maximum absolute atomic E-state index is 12.4. The molecule has 1 saturated heterocycles. The van der Waals surface area contributed by atoms with Gasteiger partial charge in [0.05, 0.1) is 5.69 Å². The van der Waals surface area contributed by atoms with E-state index in [1.165, 1.54) is 0 Å². The standard InChI is InChI=1S/C23H19N5O3/c24-12-17-16(11-19(28-22(17)25)15-6-1-2-7-20(15)29)13-4-3-5-14(10-13)26-23(31)18-8-9-21(30)27-18/h1-7,10-11,18,29H,8-9H2,(H2,25,28)(H,26,31)(H,27,30). The van der Waals surface area contributed by atoms with Crippen molar-refractivity contribution in [2.24, 2.45) is 0 Å². The number of amides is 2. The second-order valence-corrected chi connectivity index (χ2v) is 7.17. The van der Waals surface area contributed by atoms with Crippen molar-refractivity contribution in [3.05, 3.63) is 60.2 Å². The Balaban J connectivity index is 1.71. The number of aromatic hydroxyl groups is 1. The number of nitrogen functional groups attached to an aromatic ring is 1. The monoisotopic (exact) mass is 413 g/mol. The maximum Gasteiger partial charge on any atom is 0.246 e. The lowest BCUT2D eigenvalue weighted by atomic mass is 9.97. The molecule has 1 aliphatic rings. The zero-order valence-corrected chi connectivity index (χ0v) is 16.4. The number of aromatic nitrogens is 1. The Morgan fingerprint density at radius 3 is 2.71 bits per heavy atom. The first-order valence-corrected chi connectivity index (χ1v) is 9.66. The number of benzene rings is 2. The molecule has 0 aliphatic carbocycles. The zero-order valence-electron chi connectivity index (χ0n) is 16.4.